The van der Waals surface area contributed by atoms with Gasteiger partial charge in [-0.1, -0.05) is 72.8 Å². The van der Waals surface area contributed by atoms with E-state index >= 15 is 0 Å². The number of aromatic amines is 1. The Balaban J connectivity index is 1.06. The molecule has 6 amide bonds. The molecule has 0 bridgehead atoms. The molecular weight excluding hydrogens is 883 g/mol. The second-order valence-corrected chi connectivity index (χ2v) is 19.0. The molecular formula is C52H59N7O10. The second-order valence-electron chi connectivity index (χ2n) is 19.0. The van der Waals surface area contributed by atoms with Gasteiger partial charge in [0, 0.05) is 35.4 Å². The highest BCUT2D eigenvalue weighted by Gasteiger charge is 2.40. The Labute approximate surface area is 400 Å². The number of hydrogen-bond acceptors (Lipinski definition) is 10. The number of H-pyrrole nitrogens is 1. The van der Waals surface area contributed by atoms with Crippen LogP contribution < -0.4 is 21.3 Å². The van der Waals surface area contributed by atoms with E-state index in [9.17, 15) is 33.6 Å². The summed E-state index contributed by atoms with van der Waals surface area (Å²) in [5.74, 6) is -2.35. The molecule has 0 saturated carbocycles. The fraction of sp³-hybridized carbons (Fsp3) is 0.365. The molecule has 0 aliphatic carbocycles. The van der Waals surface area contributed by atoms with Gasteiger partial charge in [0.05, 0.1) is 18.4 Å². The number of anilines is 2. The average Bonchev–Trinajstić information content (AvgIpc) is 4.09. The summed E-state index contributed by atoms with van der Waals surface area (Å²) >= 11 is 0. The quantitative estimate of drug-likeness (QED) is 0.0600. The van der Waals surface area contributed by atoms with Crippen LogP contribution in [-0.4, -0.2) is 100 Å². The van der Waals surface area contributed by atoms with Gasteiger partial charge in [0.15, 0.2) is 0 Å². The monoisotopic (exact) mass is 941 g/mol. The van der Waals surface area contributed by atoms with Crippen LogP contribution in [0.2, 0.25) is 0 Å². The van der Waals surface area contributed by atoms with Crippen molar-refractivity contribution in [2.24, 2.45) is 0 Å². The lowest BCUT2D eigenvalue weighted by molar-refractivity contribution is -0.138. The topological polar surface area (TPSA) is 218 Å². The lowest BCUT2D eigenvalue weighted by Gasteiger charge is -2.29. The average molecular weight is 942 g/mol. The molecule has 5 N–H and O–H groups in total. The number of fused-ring (bicyclic) bond motifs is 1. The molecule has 0 spiro atoms. The molecule has 4 atom stereocenters. The fourth-order valence-corrected chi connectivity index (χ4v) is 8.63. The second kappa shape index (κ2) is 20.7. The zero-order chi connectivity index (χ0) is 49.6. The van der Waals surface area contributed by atoms with Crippen LogP contribution in [0.1, 0.15) is 101 Å². The highest BCUT2D eigenvalue weighted by atomic mass is 16.6. The van der Waals surface area contributed by atoms with Gasteiger partial charge in [0.25, 0.3) is 11.8 Å². The van der Waals surface area contributed by atoms with Crippen LogP contribution in [0.25, 0.3) is 22.2 Å². The molecule has 0 radical (unpaired) electrons. The van der Waals surface area contributed by atoms with Crippen LogP contribution in [0.5, 0.6) is 0 Å². The number of benzene rings is 4. The summed E-state index contributed by atoms with van der Waals surface area (Å²) in [6.07, 6.45) is 0.444. The van der Waals surface area contributed by atoms with E-state index in [0.29, 0.717) is 83.4 Å². The van der Waals surface area contributed by atoms with E-state index in [0.717, 1.165) is 0 Å². The number of amides is 6. The highest BCUT2D eigenvalue weighted by molar-refractivity contribution is 6.11. The third-order valence-corrected chi connectivity index (χ3v) is 11.7. The number of alkyl carbamates (subject to hydrolysis) is 2. The lowest BCUT2D eigenvalue weighted by atomic mass is 10.0. The van der Waals surface area contributed by atoms with E-state index in [1.54, 1.807) is 145 Å². The minimum absolute atomic E-state index is 0.213. The molecule has 3 heterocycles. The maximum atomic E-state index is 14.1. The molecule has 7 rings (SSSR count). The van der Waals surface area contributed by atoms with Gasteiger partial charge in [0.2, 0.25) is 11.8 Å². The largest absolute Gasteiger partial charge is 0.465 e. The van der Waals surface area contributed by atoms with Gasteiger partial charge in [-0.25, -0.2) is 14.4 Å². The summed E-state index contributed by atoms with van der Waals surface area (Å²) in [6.45, 7) is 11.0. The molecule has 1 aromatic heterocycles. The van der Waals surface area contributed by atoms with Crippen molar-refractivity contribution in [2.45, 2.75) is 103 Å². The molecule has 17 heteroatoms. The van der Waals surface area contributed by atoms with E-state index in [1.165, 1.54) is 16.9 Å². The normalized spacial score (nSPS) is 16.8. The van der Waals surface area contributed by atoms with E-state index in [1.807, 2.05) is 0 Å². The van der Waals surface area contributed by atoms with Crippen LogP contribution in [0.3, 0.4) is 0 Å². The SMILES string of the molecule is COC(=O)c1c(-c2ccc(NC(=O)C3CCCN3C(=O)[C@@H](NC(=O)OC(C)(C)C)c3ccccc3)cc2)[nH]c2ccc(NC(=O)C3CCCN3C(=O)[C@@H](NC(=O)OC(C)(C)C)c3ccccc3)cc12. The van der Waals surface area contributed by atoms with Crippen LogP contribution in [0.15, 0.2) is 103 Å². The first-order valence-corrected chi connectivity index (χ1v) is 23.0. The molecule has 4 aromatic carbocycles. The van der Waals surface area contributed by atoms with E-state index in [-0.39, 0.29) is 5.56 Å². The van der Waals surface area contributed by atoms with E-state index in [2.05, 4.69) is 26.3 Å². The van der Waals surface area contributed by atoms with Crippen LogP contribution in [0.4, 0.5) is 21.0 Å². The predicted octanol–water partition coefficient (Wildman–Crippen LogP) is 8.01. The minimum atomic E-state index is -1.10. The van der Waals surface area contributed by atoms with Gasteiger partial charge in [-0.3, -0.25) is 19.2 Å². The summed E-state index contributed by atoms with van der Waals surface area (Å²) in [6, 6.07) is 25.7. The number of nitrogens with one attached hydrogen (secondary N) is 5. The van der Waals surface area contributed by atoms with Crippen molar-refractivity contribution >= 4 is 64.1 Å². The summed E-state index contributed by atoms with van der Waals surface area (Å²) < 4.78 is 16.1. The summed E-state index contributed by atoms with van der Waals surface area (Å²) in [7, 11) is 1.27. The third kappa shape index (κ3) is 11.9. The Bertz CT molecular complexity index is 2710. The number of rotatable bonds is 12. The Morgan fingerprint density at radius 2 is 1.06 bits per heavy atom. The number of hydrogen-bond donors (Lipinski definition) is 5. The molecule has 2 unspecified atom stereocenters. The maximum absolute atomic E-state index is 14.1. The lowest BCUT2D eigenvalue weighted by Crippen LogP contribution is -2.49. The molecule has 17 nitrogen and oxygen atoms in total. The first kappa shape index (κ1) is 49.2. The van der Waals surface area contributed by atoms with Gasteiger partial charge >= 0.3 is 18.2 Å². The molecule has 2 saturated heterocycles. The molecule has 2 fully saturated rings. The van der Waals surface area contributed by atoms with Gasteiger partial charge < -0.3 is 50.3 Å². The van der Waals surface area contributed by atoms with Gasteiger partial charge in [-0.15, -0.1) is 0 Å². The minimum Gasteiger partial charge on any atom is -0.465 e. The number of ether oxygens (including phenoxy) is 3. The predicted molar refractivity (Wildman–Crippen MR) is 259 cm³/mol. The van der Waals surface area contributed by atoms with Crippen molar-refractivity contribution in [2.75, 3.05) is 30.8 Å². The van der Waals surface area contributed by atoms with Crippen molar-refractivity contribution in [3.63, 3.8) is 0 Å². The summed E-state index contributed by atoms with van der Waals surface area (Å²) in [4.78, 5) is 101. The van der Waals surface area contributed by atoms with Gasteiger partial charge in [-0.05, 0) is 114 Å². The highest BCUT2D eigenvalue weighted by Crippen LogP contribution is 2.34. The van der Waals surface area contributed by atoms with Crippen LogP contribution in [0, 0.1) is 0 Å². The molecule has 5 aromatic rings. The molecule has 69 heavy (non-hydrogen) atoms. The van der Waals surface area contributed by atoms with Crippen LogP contribution >= 0.6 is 0 Å². The molecule has 2 aliphatic rings. The smallest absolute Gasteiger partial charge is 0.408 e. The zero-order valence-corrected chi connectivity index (χ0v) is 39.8. The first-order chi connectivity index (χ1) is 32.8. The first-order valence-electron chi connectivity index (χ1n) is 23.0. The van der Waals surface area contributed by atoms with Gasteiger partial charge in [-0.2, -0.15) is 0 Å². The Kier molecular flexibility index (Phi) is 14.7. The van der Waals surface area contributed by atoms with Crippen molar-refractivity contribution in [3.8, 4) is 11.3 Å². The number of carbonyl (C=O) groups is 7. The van der Waals surface area contributed by atoms with Crippen LogP contribution in [-0.2, 0) is 33.4 Å². The summed E-state index contributed by atoms with van der Waals surface area (Å²) in [5, 5.41) is 11.7. The Morgan fingerprint density at radius 3 is 1.51 bits per heavy atom. The number of nitrogens with zero attached hydrogens (tertiary/aromatic N) is 2. The summed E-state index contributed by atoms with van der Waals surface area (Å²) in [5.41, 5.74) is 2.16. The van der Waals surface area contributed by atoms with Crippen molar-refractivity contribution in [3.05, 3.63) is 120 Å². The number of esters is 1. The number of carbonyl (C=O) groups excluding carboxylic acids is 7. The molecule has 2 aliphatic heterocycles. The van der Waals surface area contributed by atoms with Crippen molar-refractivity contribution < 1.29 is 47.8 Å². The van der Waals surface area contributed by atoms with Gasteiger partial charge in [0.1, 0.15) is 35.4 Å². The Morgan fingerprint density at radius 1 is 0.609 bits per heavy atom. The number of likely N-dealkylation sites (tertiary alicyclic amines) is 2. The Hall–Kier alpha value is -7.69. The van der Waals surface area contributed by atoms with E-state index < -0.39 is 77.2 Å². The van der Waals surface area contributed by atoms with E-state index in [4.69, 9.17) is 14.2 Å². The molecule has 362 valence electrons. The third-order valence-electron chi connectivity index (χ3n) is 11.7. The standard InChI is InChI=1S/C52H59N7O10/c1-51(2,3)68-49(65)56-42(31-16-10-8-11-17-31)46(62)58-28-14-20-38(58)44(60)53-34-24-22-33(23-25-34)41-40(48(64)67-7)36-30-35(26-27-37(36)55-41)54-45(61)39-21-15-29-59(39)47(63)43(32-18-12-9-13-19-32)57-50(66)69-52(4,5)6/h8-13,16-19,22-27,30,38-39,42-43,55H,14-15,20-21,28-29H2,1-7H3,(H,53,60)(H,54,61)(H,56,65)(H,57,66)/t38?,39?,42-,43-/m0/s1. The number of aromatic nitrogens is 1. The number of methoxy groups -OCH3 is 1. The van der Waals surface area contributed by atoms with Crippen molar-refractivity contribution in [1.82, 2.24) is 25.4 Å². The fourth-order valence-electron chi connectivity index (χ4n) is 8.63. The van der Waals surface area contributed by atoms with Crippen molar-refractivity contribution in [1.29, 1.82) is 0 Å². The maximum Gasteiger partial charge on any atom is 0.408 e. The zero-order valence-electron chi connectivity index (χ0n) is 39.8.